The molecule has 7 heteroatoms. The first-order valence-electron chi connectivity index (χ1n) is 5.57. The van der Waals surface area contributed by atoms with E-state index in [-0.39, 0.29) is 12.5 Å². The predicted octanol–water partition coefficient (Wildman–Crippen LogP) is 1.55. The average molecular weight is 261 g/mol. The van der Waals surface area contributed by atoms with Crippen molar-refractivity contribution in [1.82, 2.24) is 5.16 Å². The summed E-state index contributed by atoms with van der Waals surface area (Å²) in [6, 6.07) is 4.76. The van der Waals surface area contributed by atoms with Crippen molar-refractivity contribution in [3.63, 3.8) is 0 Å². The van der Waals surface area contributed by atoms with E-state index in [1.165, 1.54) is 0 Å². The number of rotatable bonds is 2. The number of ether oxygens (including phenoxy) is 2. The molecule has 0 unspecified atom stereocenters. The normalized spacial score (nSPS) is 12.5. The molecule has 0 radical (unpaired) electrons. The van der Waals surface area contributed by atoms with Crippen LogP contribution in [0.4, 0.5) is 11.4 Å². The third kappa shape index (κ3) is 2.05. The van der Waals surface area contributed by atoms with Crippen LogP contribution in [0.2, 0.25) is 0 Å². The number of carbonyl (C=O) groups excluding carboxylic acids is 1. The Labute approximate surface area is 108 Å². The third-order valence-electron chi connectivity index (χ3n) is 2.65. The van der Waals surface area contributed by atoms with E-state index >= 15 is 0 Å². The summed E-state index contributed by atoms with van der Waals surface area (Å²) in [5, 5.41) is 6.28. The highest BCUT2D eigenvalue weighted by Gasteiger charge is 2.18. The maximum absolute atomic E-state index is 11.9. The highest BCUT2D eigenvalue weighted by Crippen LogP contribution is 2.38. The number of carbonyl (C=O) groups is 1. The molecule has 0 saturated carbocycles. The summed E-state index contributed by atoms with van der Waals surface area (Å²) in [7, 11) is 0. The second-order valence-corrected chi connectivity index (χ2v) is 4.07. The Bertz CT molecular complexity index is 650. The van der Waals surface area contributed by atoms with Crippen LogP contribution in [0.3, 0.4) is 0 Å². The highest BCUT2D eigenvalue weighted by atomic mass is 16.7. The van der Waals surface area contributed by atoms with Gasteiger partial charge in [0.15, 0.2) is 17.2 Å². The Morgan fingerprint density at radius 1 is 1.32 bits per heavy atom. The molecule has 1 aliphatic rings. The van der Waals surface area contributed by atoms with Gasteiger partial charge in [0.1, 0.15) is 5.76 Å². The van der Waals surface area contributed by atoms with Crippen molar-refractivity contribution in [2.45, 2.75) is 6.92 Å². The van der Waals surface area contributed by atoms with Gasteiger partial charge in [0.25, 0.3) is 5.91 Å². The zero-order valence-corrected chi connectivity index (χ0v) is 10.1. The predicted molar refractivity (Wildman–Crippen MR) is 66.2 cm³/mol. The first-order valence-corrected chi connectivity index (χ1v) is 5.57. The molecule has 0 bridgehead atoms. The molecule has 3 rings (SSSR count). The number of aryl methyl sites for hydroxylation is 1. The summed E-state index contributed by atoms with van der Waals surface area (Å²) in [6.07, 6.45) is 0. The van der Waals surface area contributed by atoms with E-state index in [0.717, 1.165) is 0 Å². The van der Waals surface area contributed by atoms with Crippen LogP contribution in [-0.2, 0) is 0 Å². The number of benzene rings is 1. The molecule has 3 N–H and O–H groups in total. The smallest absolute Gasteiger partial charge is 0.277 e. The summed E-state index contributed by atoms with van der Waals surface area (Å²) in [5.74, 6) is 1.26. The van der Waals surface area contributed by atoms with Crippen molar-refractivity contribution in [3.8, 4) is 11.5 Å². The number of aromatic nitrogens is 1. The lowest BCUT2D eigenvalue weighted by atomic mass is 10.2. The molecule has 0 saturated heterocycles. The fourth-order valence-corrected chi connectivity index (χ4v) is 1.73. The van der Waals surface area contributed by atoms with Crippen LogP contribution in [0.15, 0.2) is 22.7 Å². The minimum Gasteiger partial charge on any atom is -0.454 e. The number of hydrogen-bond donors (Lipinski definition) is 2. The van der Waals surface area contributed by atoms with Crippen molar-refractivity contribution in [2.75, 3.05) is 17.8 Å². The van der Waals surface area contributed by atoms with Crippen molar-refractivity contribution >= 4 is 17.3 Å². The fraction of sp³-hybridized carbons (Fsp3) is 0.167. The van der Waals surface area contributed by atoms with Gasteiger partial charge in [-0.2, -0.15) is 0 Å². The fourth-order valence-electron chi connectivity index (χ4n) is 1.73. The van der Waals surface area contributed by atoms with E-state index < -0.39 is 5.91 Å². The maximum atomic E-state index is 11.9. The van der Waals surface area contributed by atoms with Gasteiger partial charge in [0.05, 0.1) is 11.4 Å². The molecule has 1 amide bonds. The number of amides is 1. The molecule has 1 aromatic heterocycles. The summed E-state index contributed by atoms with van der Waals surface area (Å²) >= 11 is 0. The molecule has 2 aromatic rings. The van der Waals surface area contributed by atoms with Crippen LogP contribution in [0.25, 0.3) is 0 Å². The number of fused-ring (bicyclic) bond motifs is 1. The highest BCUT2D eigenvalue weighted by molar-refractivity contribution is 6.04. The lowest BCUT2D eigenvalue weighted by molar-refractivity contribution is 0.101. The van der Waals surface area contributed by atoms with Crippen LogP contribution in [-0.4, -0.2) is 17.9 Å². The van der Waals surface area contributed by atoms with Gasteiger partial charge in [-0.05, 0) is 6.92 Å². The average Bonchev–Trinajstić information content (AvgIpc) is 2.98. The molecule has 0 aliphatic carbocycles. The summed E-state index contributed by atoms with van der Waals surface area (Å²) in [5.41, 5.74) is 6.85. The van der Waals surface area contributed by atoms with Gasteiger partial charge in [-0.3, -0.25) is 4.79 Å². The molecule has 19 heavy (non-hydrogen) atoms. The first kappa shape index (κ1) is 11.4. The largest absolute Gasteiger partial charge is 0.454 e. The Kier molecular flexibility index (Phi) is 2.52. The van der Waals surface area contributed by atoms with Crippen molar-refractivity contribution < 1.29 is 18.8 Å². The molecule has 7 nitrogen and oxygen atoms in total. The number of nitrogen functional groups attached to an aromatic ring is 1. The monoisotopic (exact) mass is 261 g/mol. The van der Waals surface area contributed by atoms with Crippen LogP contribution < -0.4 is 20.5 Å². The van der Waals surface area contributed by atoms with E-state index in [1.54, 1.807) is 25.1 Å². The zero-order valence-electron chi connectivity index (χ0n) is 10.1. The minimum atomic E-state index is -0.401. The van der Waals surface area contributed by atoms with Crippen LogP contribution in [0.1, 0.15) is 16.2 Å². The van der Waals surface area contributed by atoms with Crippen molar-refractivity contribution in [1.29, 1.82) is 0 Å². The van der Waals surface area contributed by atoms with Crippen molar-refractivity contribution in [2.24, 2.45) is 0 Å². The number of nitrogens with zero attached hydrogens (tertiary/aromatic N) is 1. The lowest BCUT2D eigenvalue weighted by Gasteiger charge is -2.07. The Morgan fingerprint density at radius 2 is 2.05 bits per heavy atom. The second-order valence-electron chi connectivity index (χ2n) is 4.07. The molecule has 0 fully saturated rings. The number of nitrogens with two attached hydrogens (primary N) is 1. The summed E-state index contributed by atoms with van der Waals surface area (Å²) in [6.45, 7) is 1.85. The number of hydrogen-bond acceptors (Lipinski definition) is 6. The van der Waals surface area contributed by atoms with E-state index in [2.05, 4.69) is 10.5 Å². The molecule has 1 aromatic carbocycles. The molecular formula is C12H11N3O4. The van der Waals surface area contributed by atoms with Gasteiger partial charge in [-0.1, -0.05) is 5.16 Å². The second kappa shape index (κ2) is 4.20. The minimum absolute atomic E-state index is 0.147. The molecular weight excluding hydrogens is 250 g/mol. The molecule has 2 heterocycles. The van der Waals surface area contributed by atoms with Gasteiger partial charge in [0.2, 0.25) is 6.79 Å². The van der Waals surface area contributed by atoms with Gasteiger partial charge >= 0.3 is 0 Å². The van der Waals surface area contributed by atoms with Crippen LogP contribution in [0.5, 0.6) is 11.5 Å². The quantitative estimate of drug-likeness (QED) is 0.795. The van der Waals surface area contributed by atoms with E-state index in [4.69, 9.17) is 19.7 Å². The van der Waals surface area contributed by atoms with Gasteiger partial charge < -0.3 is 25.0 Å². The first-order chi connectivity index (χ1) is 9.13. The summed E-state index contributed by atoms with van der Waals surface area (Å²) in [4.78, 5) is 11.9. The molecule has 98 valence electrons. The number of anilines is 2. The Morgan fingerprint density at radius 3 is 2.74 bits per heavy atom. The van der Waals surface area contributed by atoms with E-state index in [1.807, 2.05) is 0 Å². The van der Waals surface area contributed by atoms with Crippen LogP contribution >= 0.6 is 0 Å². The van der Waals surface area contributed by atoms with Crippen LogP contribution in [0, 0.1) is 6.92 Å². The van der Waals surface area contributed by atoms with Crippen molar-refractivity contribution in [3.05, 3.63) is 29.7 Å². The zero-order chi connectivity index (χ0) is 13.4. The van der Waals surface area contributed by atoms with Gasteiger partial charge in [-0.15, -0.1) is 0 Å². The Hall–Kier alpha value is -2.70. The summed E-state index contributed by atoms with van der Waals surface area (Å²) < 4.78 is 15.2. The topological polar surface area (TPSA) is 99.6 Å². The van der Waals surface area contributed by atoms with E-state index in [9.17, 15) is 4.79 Å². The molecule has 0 atom stereocenters. The van der Waals surface area contributed by atoms with Gasteiger partial charge in [0, 0.05) is 18.2 Å². The lowest BCUT2D eigenvalue weighted by Crippen LogP contribution is -2.13. The number of nitrogens with one attached hydrogen (secondary N) is 1. The van der Waals surface area contributed by atoms with E-state index in [0.29, 0.717) is 28.6 Å². The Balaban J connectivity index is 1.85. The SMILES string of the molecule is Cc1cc(C(=O)Nc2cc3c(cc2N)OCO3)no1. The molecule has 1 aliphatic heterocycles. The third-order valence-corrected chi connectivity index (χ3v) is 2.65. The maximum Gasteiger partial charge on any atom is 0.277 e. The van der Waals surface area contributed by atoms with Gasteiger partial charge in [-0.25, -0.2) is 0 Å². The standard InChI is InChI=1S/C12H11N3O4/c1-6-2-9(15-19-6)12(16)14-8-4-11-10(3-7(8)13)17-5-18-11/h2-4H,5,13H2,1H3,(H,14,16). The molecule has 0 spiro atoms.